The van der Waals surface area contributed by atoms with Crippen LogP contribution in [0.25, 0.3) is 0 Å². The number of aromatic carboxylic acids is 1. The van der Waals surface area contributed by atoms with E-state index in [4.69, 9.17) is 5.11 Å². The minimum absolute atomic E-state index is 0.120. The van der Waals surface area contributed by atoms with Crippen LogP contribution in [0.5, 0.6) is 0 Å². The van der Waals surface area contributed by atoms with Gasteiger partial charge in [0.05, 0.1) is 5.56 Å². The van der Waals surface area contributed by atoms with Crippen molar-refractivity contribution in [3.05, 3.63) is 35.4 Å². The Morgan fingerprint density at radius 2 is 1.95 bits per heavy atom. The number of thioether (sulfide) groups is 1. The summed E-state index contributed by atoms with van der Waals surface area (Å²) in [6, 6.07) is 6.56. The van der Waals surface area contributed by atoms with Crippen LogP contribution in [0.2, 0.25) is 0 Å². The number of urea groups is 1. The summed E-state index contributed by atoms with van der Waals surface area (Å²) in [6.07, 6.45) is 3.01. The van der Waals surface area contributed by atoms with Crippen LogP contribution in [0.1, 0.15) is 29.3 Å². The van der Waals surface area contributed by atoms with Gasteiger partial charge in [-0.15, -0.1) is 0 Å². The summed E-state index contributed by atoms with van der Waals surface area (Å²) in [6.45, 7) is 2.41. The van der Waals surface area contributed by atoms with Crippen molar-refractivity contribution in [1.82, 2.24) is 10.2 Å². The van der Waals surface area contributed by atoms with Crippen molar-refractivity contribution in [3.8, 4) is 0 Å². The molecule has 0 radical (unpaired) electrons. The summed E-state index contributed by atoms with van der Waals surface area (Å²) in [5, 5.41) is 11.7. The quantitative estimate of drug-likeness (QED) is 0.812. The average molecular weight is 310 g/mol. The van der Waals surface area contributed by atoms with Crippen LogP contribution in [0.15, 0.2) is 24.3 Å². The number of amides is 2. The number of nitrogens with zero attached hydrogens (tertiary/aromatic N) is 1. The second-order valence-corrected chi connectivity index (χ2v) is 5.89. The highest BCUT2D eigenvalue weighted by Crippen LogP contribution is 2.07. The number of benzene rings is 1. The van der Waals surface area contributed by atoms with Crippen LogP contribution in [-0.4, -0.2) is 47.1 Å². The zero-order valence-corrected chi connectivity index (χ0v) is 13.4. The molecule has 0 bridgehead atoms. The first-order valence-electron chi connectivity index (χ1n) is 6.77. The van der Waals surface area contributed by atoms with Crippen LogP contribution in [0, 0.1) is 0 Å². The van der Waals surface area contributed by atoms with E-state index in [1.165, 1.54) is 12.1 Å². The molecule has 6 heteroatoms. The largest absolute Gasteiger partial charge is 0.478 e. The number of carbonyl (C=O) groups is 2. The molecule has 1 aromatic carbocycles. The van der Waals surface area contributed by atoms with Crippen molar-refractivity contribution in [2.75, 3.05) is 19.1 Å². The van der Waals surface area contributed by atoms with E-state index >= 15 is 0 Å². The first-order chi connectivity index (χ1) is 9.95. The molecule has 21 heavy (non-hydrogen) atoms. The van der Waals surface area contributed by atoms with Crippen molar-refractivity contribution < 1.29 is 14.7 Å². The van der Waals surface area contributed by atoms with E-state index in [9.17, 15) is 9.59 Å². The Balaban J connectivity index is 2.46. The summed E-state index contributed by atoms with van der Waals surface area (Å²) in [7, 11) is 1.79. The van der Waals surface area contributed by atoms with E-state index in [2.05, 4.69) is 5.32 Å². The fraction of sp³-hybridized carbons (Fsp3) is 0.467. The van der Waals surface area contributed by atoms with Gasteiger partial charge in [-0.2, -0.15) is 11.8 Å². The molecule has 0 aliphatic heterocycles. The third-order valence-corrected chi connectivity index (χ3v) is 4.01. The molecule has 2 amide bonds. The lowest BCUT2D eigenvalue weighted by atomic mass is 10.1. The smallest absolute Gasteiger partial charge is 0.335 e. The van der Waals surface area contributed by atoms with Gasteiger partial charge < -0.3 is 15.3 Å². The summed E-state index contributed by atoms with van der Waals surface area (Å²) in [5.74, 6) is 0.0723. The maximum Gasteiger partial charge on any atom is 0.335 e. The molecule has 2 N–H and O–H groups in total. The van der Waals surface area contributed by atoms with E-state index in [0.29, 0.717) is 6.54 Å². The van der Waals surface area contributed by atoms with Gasteiger partial charge in [0.1, 0.15) is 0 Å². The summed E-state index contributed by atoms with van der Waals surface area (Å²) in [5.41, 5.74) is 1.12. The zero-order chi connectivity index (χ0) is 15.8. The average Bonchev–Trinajstić information content (AvgIpc) is 2.49. The van der Waals surface area contributed by atoms with Gasteiger partial charge in [-0.25, -0.2) is 9.59 Å². The first-order valence-corrected chi connectivity index (χ1v) is 8.17. The van der Waals surface area contributed by atoms with Gasteiger partial charge in [0.2, 0.25) is 0 Å². The number of nitrogens with one attached hydrogen (secondary N) is 1. The molecule has 0 aliphatic carbocycles. The topological polar surface area (TPSA) is 69.6 Å². The Bertz CT molecular complexity index is 476. The number of carbonyl (C=O) groups excluding carboxylic acids is 1. The molecule has 1 unspecified atom stereocenters. The van der Waals surface area contributed by atoms with Crippen molar-refractivity contribution >= 4 is 23.8 Å². The zero-order valence-electron chi connectivity index (χ0n) is 12.6. The standard InChI is InChI=1S/C15H22N2O3S/c1-11(8-9-21-3)17(2)15(20)16-10-12-4-6-13(7-5-12)14(18)19/h4-7,11H,8-10H2,1-3H3,(H,16,20)(H,18,19). The molecule has 0 heterocycles. The van der Waals surface area contributed by atoms with E-state index < -0.39 is 5.97 Å². The molecule has 5 nitrogen and oxygen atoms in total. The summed E-state index contributed by atoms with van der Waals surface area (Å²) in [4.78, 5) is 24.5. The molecular formula is C15H22N2O3S. The van der Waals surface area contributed by atoms with Crippen molar-refractivity contribution in [3.63, 3.8) is 0 Å². The van der Waals surface area contributed by atoms with Crippen molar-refractivity contribution in [2.45, 2.75) is 25.9 Å². The number of hydrogen-bond donors (Lipinski definition) is 2. The van der Waals surface area contributed by atoms with Crippen molar-refractivity contribution in [1.29, 1.82) is 0 Å². The highest BCUT2D eigenvalue weighted by molar-refractivity contribution is 7.98. The molecule has 0 aliphatic rings. The minimum Gasteiger partial charge on any atom is -0.478 e. The Kier molecular flexibility index (Phi) is 7.08. The highest BCUT2D eigenvalue weighted by atomic mass is 32.2. The summed E-state index contributed by atoms with van der Waals surface area (Å²) >= 11 is 1.77. The van der Waals surface area contributed by atoms with E-state index in [0.717, 1.165) is 17.7 Å². The Hall–Kier alpha value is -1.69. The third-order valence-electron chi connectivity index (χ3n) is 3.37. The fourth-order valence-electron chi connectivity index (χ4n) is 1.75. The molecule has 1 aromatic rings. The molecule has 116 valence electrons. The van der Waals surface area contributed by atoms with Gasteiger partial charge in [0, 0.05) is 19.6 Å². The number of carboxylic acids is 1. The summed E-state index contributed by atoms with van der Waals surface area (Å²) < 4.78 is 0. The van der Waals surface area contributed by atoms with Gasteiger partial charge in [0.15, 0.2) is 0 Å². The van der Waals surface area contributed by atoms with Gasteiger partial charge in [-0.1, -0.05) is 12.1 Å². The molecule has 0 spiro atoms. The van der Waals surface area contributed by atoms with Gasteiger partial charge >= 0.3 is 12.0 Å². The monoisotopic (exact) mass is 310 g/mol. The number of rotatable bonds is 7. The normalized spacial score (nSPS) is 11.8. The maximum absolute atomic E-state index is 12.0. The predicted molar refractivity (Wildman–Crippen MR) is 85.9 cm³/mol. The Morgan fingerprint density at radius 3 is 2.48 bits per heavy atom. The third kappa shape index (κ3) is 5.67. The lowest BCUT2D eigenvalue weighted by Gasteiger charge is -2.25. The van der Waals surface area contributed by atoms with E-state index in [-0.39, 0.29) is 17.6 Å². The molecular weight excluding hydrogens is 288 g/mol. The second-order valence-electron chi connectivity index (χ2n) is 4.90. The number of carboxylic acid groups (broad SMARTS) is 1. The molecule has 1 rings (SSSR count). The van der Waals surface area contributed by atoms with Gasteiger partial charge in [-0.05, 0) is 43.0 Å². The van der Waals surface area contributed by atoms with Gasteiger partial charge in [-0.3, -0.25) is 0 Å². The first kappa shape index (κ1) is 17.4. The molecule has 1 atom stereocenters. The van der Waals surface area contributed by atoms with Crippen LogP contribution < -0.4 is 5.32 Å². The molecule has 0 fully saturated rings. The lowest BCUT2D eigenvalue weighted by Crippen LogP contribution is -2.42. The lowest BCUT2D eigenvalue weighted by molar-refractivity contribution is 0.0697. The molecule has 0 aromatic heterocycles. The van der Waals surface area contributed by atoms with Crippen LogP contribution in [0.4, 0.5) is 4.79 Å². The Labute approximate surface area is 129 Å². The maximum atomic E-state index is 12.0. The Morgan fingerprint density at radius 1 is 1.33 bits per heavy atom. The van der Waals surface area contributed by atoms with E-state index in [1.54, 1.807) is 35.8 Å². The second kappa shape index (κ2) is 8.56. The van der Waals surface area contributed by atoms with Crippen molar-refractivity contribution in [2.24, 2.45) is 0 Å². The minimum atomic E-state index is -0.951. The van der Waals surface area contributed by atoms with Crippen LogP contribution in [0.3, 0.4) is 0 Å². The highest BCUT2D eigenvalue weighted by Gasteiger charge is 2.14. The molecule has 0 saturated heterocycles. The SMILES string of the molecule is CSCCC(C)N(C)C(=O)NCc1ccc(C(=O)O)cc1. The predicted octanol–water partition coefficient (Wildman–Crippen LogP) is 2.67. The number of hydrogen-bond acceptors (Lipinski definition) is 3. The van der Waals surface area contributed by atoms with Crippen LogP contribution >= 0.6 is 11.8 Å². The fourth-order valence-corrected chi connectivity index (χ4v) is 2.33. The van der Waals surface area contributed by atoms with E-state index in [1.807, 2.05) is 13.2 Å². The van der Waals surface area contributed by atoms with Gasteiger partial charge in [0.25, 0.3) is 0 Å². The van der Waals surface area contributed by atoms with Crippen LogP contribution in [-0.2, 0) is 6.54 Å². The molecule has 0 saturated carbocycles.